The van der Waals surface area contributed by atoms with Crippen LogP contribution in [0.15, 0.2) is 60.7 Å². The average molecular weight is 512 g/mol. The van der Waals surface area contributed by atoms with Crippen molar-refractivity contribution < 1.29 is 28.9 Å². The molecule has 9 heteroatoms. The number of nitrogens with zero attached hydrogens (tertiary/aromatic N) is 1. The lowest BCUT2D eigenvalue weighted by molar-refractivity contribution is -0.143. The number of halogens is 2. The predicted molar refractivity (Wildman–Crippen MR) is 134 cm³/mol. The van der Waals surface area contributed by atoms with Gasteiger partial charge in [0.05, 0.1) is 20.3 Å². The maximum absolute atomic E-state index is 11.4. The Kier molecular flexibility index (Phi) is 13.3. The zero-order valence-corrected chi connectivity index (χ0v) is 21.1. The van der Waals surface area contributed by atoms with Crippen molar-refractivity contribution in [1.29, 1.82) is 0 Å². The highest BCUT2D eigenvalue weighted by Crippen LogP contribution is 2.21. The first kappa shape index (κ1) is 29.5. The Morgan fingerprint density at radius 2 is 1.82 bits per heavy atom. The quantitative estimate of drug-likeness (QED) is 0.340. The van der Waals surface area contributed by atoms with Crippen molar-refractivity contribution in [2.24, 2.45) is 0 Å². The van der Waals surface area contributed by atoms with Crippen LogP contribution in [0.25, 0.3) is 0 Å². The maximum atomic E-state index is 11.4. The van der Waals surface area contributed by atoms with Gasteiger partial charge in [-0.3, -0.25) is 4.90 Å². The van der Waals surface area contributed by atoms with E-state index in [1.165, 1.54) is 20.3 Å². The first-order chi connectivity index (χ1) is 15.8. The zero-order chi connectivity index (χ0) is 24.2. The number of ether oxygens (including phenoxy) is 3. The molecule has 2 atom stereocenters. The van der Waals surface area contributed by atoms with Crippen molar-refractivity contribution >= 4 is 35.9 Å². The highest BCUT2D eigenvalue weighted by molar-refractivity contribution is 6.30. The Labute approximate surface area is 211 Å². The van der Waals surface area contributed by atoms with Gasteiger partial charge < -0.3 is 19.3 Å². The van der Waals surface area contributed by atoms with Crippen LogP contribution in [0.2, 0.25) is 5.02 Å². The van der Waals surface area contributed by atoms with Crippen LogP contribution in [0, 0.1) is 0 Å². The summed E-state index contributed by atoms with van der Waals surface area (Å²) in [4.78, 5) is 24.7. The van der Waals surface area contributed by atoms with E-state index in [-0.39, 0.29) is 25.1 Å². The van der Waals surface area contributed by atoms with Gasteiger partial charge in [0.1, 0.15) is 5.75 Å². The van der Waals surface area contributed by atoms with Gasteiger partial charge in [-0.25, -0.2) is 9.59 Å². The van der Waals surface area contributed by atoms with E-state index < -0.39 is 18.0 Å². The van der Waals surface area contributed by atoms with Gasteiger partial charge in [0.15, 0.2) is 6.61 Å². The molecule has 2 rings (SSSR count). The monoisotopic (exact) mass is 511 g/mol. The molecule has 0 radical (unpaired) electrons. The van der Waals surface area contributed by atoms with Crippen LogP contribution in [0.4, 0.5) is 0 Å². The summed E-state index contributed by atoms with van der Waals surface area (Å²) in [6.07, 6.45) is 3.05. The standard InChI is InChI=1S/C25H30ClNO6.ClH/c1-18(14-19-9-11-22(12-10-19)33-17-25(30)32-3)27(13-5-8-24(29)31-2)16-23(28)20-6-4-7-21(26)15-20;/h4-12,15,18,23,28H,13-14,16-17H2,1-3H3;1H. The number of aliphatic hydroxyl groups is 1. The third-order valence-electron chi connectivity index (χ3n) is 5.10. The topological polar surface area (TPSA) is 85.3 Å². The SMILES string of the molecule is COC(=O)C=CCN(CC(O)c1cccc(Cl)c1)C(C)Cc1ccc(OCC(=O)OC)cc1.Cl. The molecular weight excluding hydrogens is 481 g/mol. The minimum atomic E-state index is -0.744. The molecular formula is C25H31Cl2NO6. The predicted octanol–water partition coefficient (Wildman–Crippen LogP) is 4.01. The van der Waals surface area contributed by atoms with Crippen LogP contribution in [-0.2, 0) is 25.5 Å². The lowest BCUT2D eigenvalue weighted by Crippen LogP contribution is -2.38. The second-order valence-corrected chi connectivity index (χ2v) is 7.95. The van der Waals surface area contributed by atoms with Gasteiger partial charge in [-0.1, -0.05) is 41.9 Å². The Bertz CT molecular complexity index is 935. The highest BCUT2D eigenvalue weighted by atomic mass is 35.5. The molecule has 0 heterocycles. The van der Waals surface area contributed by atoms with Crippen LogP contribution in [-0.4, -0.2) is 61.9 Å². The molecule has 0 aromatic heterocycles. The molecule has 0 aliphatic carbocycles. The fourth-order valence-corrected chi connectivity index (χ4v) is 3.42. The number of rotatable bonds is 12. The number of benzene rings is 2. The Morgan fingerprint density at radius 3 is 2.44 bits per heavy atom. The van der Waals surface area contributed by atoms with Crippen molar-refractivity contribution in [3.8, 4) is 5.75 Å². The number of methoxy groups -OCH3 is 2. The van der Waals surface area contributed by atoms with E-state index in [0.717, 1.165) is 11.1 Å². The normalized spacial score (nSPS) is 12.6. The summed E-state index contributed by atoms with van der Waals surface area (Å²) in [5, 5.41) is 11.3. The molecule has 34 heavy (non-hydrogen) atoms. The molecule has 0 aliphatic rings. The number of carbonyl (C=O) groups excluding carboxylic acids is 2. The summed E-state index contributed by atoms with van der Waals surface area (Å²) in [6, 6.07) is 14.6. The first-order valence-electron chi connectivity index (χ1n) is 10.5. The van der Waals surface area contributed by atoms with Crippen LogP contribution < -0.4 is 4.74 Å². The molecule has 0 spiro atoms. The second kappa shape index (κ2) is 15.3. The van der Waals surface area contributed by atoms with Crippen LogP contribution in [0.3, 0.4) is 0 Å². The van der Waals surface area contributed by atoms with E-state index in [9.17, 15) is 14.7 Å². The molecule has 0 saturated heterocycles. The van der Waals surface area contributed by atoms with E-state index in [0.29, 0.717) is 30.3 Å². The minimum Gasteiger partial charge on any atom is -0.482 e. The summed E-state index contributed by atoms with van der Waals surface area (Å²) >= 11 is 6.07. The van der Waals surface area contributed by atoms with E-state index in [1.807, 2.05) is 18.2 Å². The van der Waals surface area contributed by atoms with E-state index >= 15 is 0 Å². The maximum Gasteiger partial charge on any atom is 0.343 e. The summed E-state index contributed by atoms with van der Waals surface area (Å²) in [5.74, 6) is -0.298. The molecule has 0 saturated carbocycles. The fraction of sp³-hybridized carbons (Fsp3) is 0.360. The smallest absolute Gasteiger partial charge is 0.343 e. The minimum absolute atomic E-state index is 0. The molecule has 2 aromatic rings. The molecule has 7 nitrogen and oxygen atoms in total. The highest BCUT2D eigenvalue weighted by Gasteiger charge is 2.19. The summed E-state index contributed by atoms with van der Waals surface area (Å²) in [7, 11) is 2.64. The van der Waals surface area contributed by atoms with Crippen LogP contribution >= 0.6 is 24.0 Å². The summed E-state index contributed by atoms with van der Waals surface area (Å²) in [6.45, 7) is 2.72. The Balaban J connectivity index is 0.00000578. The first-order valence-corrected chi connectivity index (χ1v) is 10.9. The molecule has 0 amide bonds. The fourth-order valence-electron chi connectivity index (χ4n) is 3.22. The summed E-state index contributed by atoms with van der Waals surface area (Å²) < 4.78 is 14.6. The molecule has 2 aromatic carbocycles. The van der Waals surface area contributed by atoms with Gasteiger partial charge in [0.2, 0.25) is 0 Å². The third-order valence-corrected chi connectivity index (χ3v) is 5.33. The van der Waals surface area contributed by atoms with Gasteiger partial charge in [-0.15, -0.1) is 12.4 Å². The van der Waals surface area contributed by atoms with Crippen molar-refractivity contribution in [3.05, 3.63) is 76.8 Å². The number of esters is 2. The van der Waals surface area contributed by atoms with Crippen LogP contribution in [0.1, 0.15) is 24.2 Å². The molecule has 186 valence electrons. The van der Waals surface area contributed by atoms with Gasteiger partial charge in [-0.2, -0.15) is 0 Å². The summed E-state index contributed by atoms with van der Waals surface area (Å²) in [5.41, 5.74) is 1.79. The molecule has 1 N–H and O–H groups in total. The van der Waals surface area contributed by atoms with Gasteiger partial charge in [0.25, 0.3) is 0 Å². The number of hydrogen-bond acceptors (Lipinski definition) is 7. The lowest BCUT2D eigenvalue weighted by Gasteiger charge is -2.30. The van der Waals surface area contributed by atoms with Gasteiger partial charge in [0, 0.05) is 30.2 Å². The zero-order valence-electron chi connectivity index (χ0n) is 19.5. The lowest BCUT2D eigenvalue weighted by atomic mass is 10.0. The number of aliphatic hydroxyl groups excluding tert-OH is 1. The van der Waals surface area contributed by atoms with Crippen LogP contribution in [0.5, 0.6) is 5.75 Å². The van der Waals surface area contributed by atoms with Crippen molar-refractivity contribution in [3.63, 3.8) is 0 Å². The van der Waals surface area contributed by atoms with Crippen molar-refractivity contribution in [1.82, 2.24) is 4.90 Å². The second-order valence-electron chi connectivity index (χ2n) is 7.51. The Hall–Kier alpha value is -2.58. The van der Waals surface area contributed by atoms with Crippen molar-refractivity contribution in [2.45, 2.75) is 25.5 Å². The number of hydrogen-bond donors (Lipinski definition) is 1. The Morgan fingerprint density at radius 1 is 1.12 bits per heavy atom. The number of carbonyl (C=O) groups is 2. The third kappa shape index (κ3) is 10.1. The van der Waals surface area contributed by atoms with Gasteiger partial charge in [-0.05, 0) is 48.7 Å². The molecule has 0 aliphatic heterocycles. The van der Waals surface area contributed by atoms with Crippen molar-refractivity contribution in [2.75, 3.05) is 33.9 Å². The largest absolute Gasteiger partial charge is 0.482 e. The van der Waals surface area contributed by atoms with E-state index in [2.05, 4.69) is 21.3 Å². The van der Waals surface area contributed by atoms with Gasteiger partial charge >= 0.3 is 11.9 Å². The molecule has 2 unspecified atom stereocenters. The molecule has 0 bridgehead atoms. The average Bonchev–Trinajstić information content (AvgIpc) is 2.82. The van der Waals surface area contributed by atoms with E-state index in [1.54, 1.807) is 36.4 Å². The van der Waals surface area contributed by atoms with E-state index in [4.69, 9.17) is 16.3 Å². The molecule has 0 fully saturated rings.